The summed E-state index contributed by atoms with van der Waals surface area (Å²) in [6.07, 6.45) is 3.84. The van der Waals surface area contributed by atoms with Crippen LogP contribution in [-0.4, -0.2) is 22.5 Å². The Morgan fingerprint density at radius 3 is 2.86 bits per heavy atom. The summed E-state index contributed by atoms with van der Waals surface area (Å²) >= 11 is 7.78. The van der Waals surface area contributed by atoms with Crippen LogP contribution in [-0.2, 0) is 0 Å². The zero-order valence-corrected chi connectivity index (χ0v) is 10.2. The molecule has 1 heterocycles. The first-order valence-electron chi connectivity index (χ1n) is 4.45. The minimum atomic E-state index is 0.195. The number of nitrogens with zero attached hydrogens (tertiary/aromatic N) is 1. The van der Waals surface area contributed by atoms with Crippen LogP contribution < -0.4 is 5.32 Å². The largest absolute Gasteiger partial charge is 0.367 e. The van der Waals surface area contributed by atoms with Crippen molar-refractivity contribution in [1.82, 2.24) is 4.98 Å². The summed E-state index contributed by atoms with van der Waals surface area (Å²) in [5.41, 5.74) is 0. The highest BCUT2D eigenvalue weighted by atomic mass is 35.5. The van der Waals surface area contributed by atoms with Crippen LogP contribution >= 0.6 is 23.4 Å². The Hall–Kier alpha value is -0.410. The monoisotopic (exact) mass is 230 g/mol. The van der Waals surface area contributed by atoms with Crippen molar-refractivity contribution in [2.75, 3.05) is 18.1 Å². The molecular formula is C10H15ClN2S. The van der Waals surface area contributed by atoms with Crippen molar-refractivity contribution in [2.45, 2.75) is 18.6 Å². The fourth-order valence-corrected chi connectivity index (χ4v) is 1.29. The van der Waals surface area contributed by atoms with Crippen molar-refractivity contribution in [1.29, 1.82) is 0 Å². The van der Waals surface area contributed by atoms with Crippen LogP contribution in [0.4, 0.5) is 5.82 Å². The van der Waals surface area contributed by atoms with Crippen LogP contribution in [0, 0.1) is 0 Å². The van der Waals surface area contributed by atoms with Gasteiger partial charge in [0.15, 0.2) is 0 Å². The summed E-state index contributed by atoms with van der Waals surface area (Å²) in [5, 5.41) is 3.91. The van der Waals surface area contributed by atoms with E-state index >= 15 is 0 Å². The lowest BCUT2D eigenvalue weighted by Crippen LogP contribution is -2.26. The maximum Gasteiger partial charge on any atom is 0.144 e. The molecule has 1 aromatic heterocycles. The van der Waals surface area contributed by atoms with Gasteiger partial charge < -0.3 is 5.32 Å². The Kier molecular flexibility index (Phi) is 4.08. The fourth-order valence-electron chi connectivity index (χ4n) is 0.885. The van der Waals surface area contributed by atoms with Crippen molar-refractivity contribution in [3.8, 4) is 0 Å². The van der Waals surface area contributed by atoms with E-state index in [1.54, 1.807) is 6.20 Å². The second-order valence-corrected chi connectivity index (χ2v) is 5.57. The number of pyridine rings is 1. The lowest BCUT2D eigenvalue weighted by Gasteiger charge is -2.22. The highest BCUT2D eigenvalue weighted by Gasteiger charge is 2.15. The maximum atomic E-state index is 5.96. The van der Waals surface area contributed by atoms with E-state index in [0.717, 1.165) is 12.4 Å². The Balaban J connectivity index is 2.58. The van der Waals surface area contributed by atoms with Gasteiger partial charge in [0.1, 0.15) is 5.82 Å². The van der Waals surface area contributed by atoms with Crippen LogP contribution in [0.15, 0.2) is 18.3 Å². The van der Waals surface area contributed by atoms with Crippen LogP contribution in [0.25, 0.3) is 0 Å². The Labute approximate surface area is 94.5 Å². The second-order valence-electron chi connectivity index (χ2n) is 3.65. The van der Waals surface area contributed by atoms with Gasteiger partial charge in [-0.15, -0.1) is 0 Å². The number of thioether (sulfide) groups is 1. The number of nitrogens with one attached hydrogen (secondary N) is 1. The smallest absolute Gasteiger partial charge is 0.144 e. The molecule has 14 heavy (non-hydrogen) atoms. The standard InChI is InChI=1S/C10H15ClN2S/c1-10(2,14-3)7-13-9-8(11)5-4-6-12-9/h4-6H,7H2,1-3H3,(H,12,13). The van der Waals surface area contributed by atoms with Gasteiger partial charge in [-0.25, -0.2) is 4.98 Å². The molecule has 1 N–H and O–H groups in total. The number of rotatable bonds is 4. The average molecular weight is 231 g/mol. The highest BCUT2D eigenvalue weighted by Crippen LogP contribution is 2.23. The van der Waals surface area contributed by atoms with Crippen molar-refractivity contribution >= 4 is 29.2 Å². The lowest BCUT2D eigenvalue weighted by atomic mass is 10.2. The summed E-state index contributed by atoms with van der Waals surface area (Å²) < 4.78 is 0.195. The first-order valence-corrected chi connectivity index (χ1v) is 6.05. The molecule has 0 unspecified atom stereocenters. The summed E-state index contributed by atoms with van der Waals surface area (Å²) in [5.74, 6) is 0.760. The number of hydrogen-bond acceptors (Lipinski definition) is 3. The van der Waals surface area contributed by atoms with Gasteiger partial charge in [-0.2, -0.15) is 11.8 Å². The van der Waals surface area contributed by atoms with E-state index in [-0.39, 0.29) is 4.75 Å². The molecule has 78 valence electrons. The van der Waals surface area contributed by atoms with Gasteiger partial charge in [-0.1, -0.05) is 11.6 Å². The molecular weight excluding hydrogens is 216 g/mol. The van der Waals surface area contributed by atoms with Gasteiger partial charge in [0.25, 0.3) is 0 Å². The molecule has 1 aromatic rings. The first-order chi connectivity index (χ1) is 6.55. The molecule has 0 fully saturated rings. The van der Waals surface area contributed by atoms with E-state index < -0.39 is 0 Å². The molecule has 0 saturated carbocycles. The minimum Gasteiger partial charge on any atom is -0.367 e. The molecule has 0 atom stereocenters. The van der Waals surface area contributed by atoms with E-state index in [9.17, 15) is 0 Å². The summed E-state index contributed by atoms with van der Waals surface area (Å²) in [6.45, 7) is 5.22. The van der Waals surface area contributed by atoms with E-state index in [4.69, 9.17) is 11.6 Å². The molecule has 0 amide bonds. The predicted octanol–water partition coefficient (Wildman–Crippen LogP) is 3.29. The highest BCUT2D eigenvalue weighted by molar-refractivity contribution is 7.99. The average Bonchev–Trinajstić information content (AvgIpc) is 2.17. The topological polar surface area (TPSA) is 24.9 Å². The van der Waals surface area contributed by atoms with E-state index in [2.05, 4.69) is 30.4 Å². The molecule has 0 spiro atoms. The van der Waals surface area contributed by atoms with Crippen molar-refractivity contribution in [3.63, 3.8) is 0 Å². The Morgan fingerprint density at radius 1 is 1.57 bits per heavy atom. The third-order valence-electron chi connectivity index (χ3n) is 1.99. The number of halogens is 1. The Morgan fingerprint density at radius 2 is 2.29 bits per heavy atom. The maximum absolute atomic E-state index is 5.96. The fraction of sp³-hybridized carbons (Fsp3) is 0.500. The van der Waals surface area contributed by atoms with Crippen LogP contribution in [0.3, 0.4) is 0 Å². The van der Waals surface area contributed by atoms with Gasteiger partial charge >= 0.3 is 0 Å². The quantitative estimate of drug-likeness (QED) is 0.859. The first kappa shape index (κ1) is 11.7. The second kappa shape index (κ2) is 4.89. The lowest BCUT2D eigenvalue weighted by molar-refractivity contribution is 0.750. The number of anilines is 1. The molecule has 0 aromatic carbocycles. The SMILES string of the molecule is CSC(C)(C)CNc1ncccc1Cl. The number of aromatic nitrogens is 1. The zero-order chi connectivity index (χ0) is 10.6. The predicted molar refractivity (Wildman–Crippen MR) is 65.3 cm³/mol. The molecule has 0 saturated heterocycles. The zero-order valence-electron chi connectivity index (χ0n) is 8.67. The number of hydrogen-bond donors (Lipinski definition) is 1. The minimum absolute atomic E-state index is 0.195. The van der Waals surface area contributed by atoms with Crippen molar-refractivity contribution in [3.05, 3.63) is 23.4 Å². The van der Waals surface area contributed by atoms with Crippen LogP contribution in [0.1, 0.15) is 13.8 Å². The van der Waals surface area contributed by atoms with Crippen molar-refractivity contribution in [2.24, 2.45) is 0 Å². The molecule has 0 aliphatic rings. The summed E-state index contributed by atoms with van der Waals surface area (Å²) in [4.78, 5) is 4.16. The molecule has 0 bridgehead atoms. The molecule has 1 rings (SSSR count). The van der Waals surface area contributed by atoms with Crippen molar-refractivity contribution < 1.29 is 0 Å². The molecule has 2 nitrogen and oxygen atoms in total. The van der Waals surface area contributed by atoms with Gasteiger partial charge in [-0.3, -0.25) is 0 Å². The van der Waals surface area contributed by atoms with Gasteiger partial charge in [0.05, 0.1) is 5.02 Å². The Bertz CT molecular complexity index is 302. The third-order valence-corrected chi connectivity index (χ3v) is 3.55. The molecule has 0 aliphatic carbocycles. The summed E-state index contributed by atoms with van der Waals surface area (Å²) in [7, 11) is 0. The van der Waals surface area contributed by atoms with Crippen LogP contribution in [0.2, 0.25) is 5.02 Å². The van der Waals surface area contributed by atoms with E-state index in [1.165, 1.54) is 0 Å². The van der Waals surface area contributed by atoms with E-state index in [0.29, 0.717) is 5.02 Å². The summed E-state index contributed by atoms with van der Waals surface area (Å²) in [6, 6.07) is 3.66. The van der Waals surface area contributed by atoms with E-state index in [1.807, 2.05) is 23.9 Å². The third kappa shape index (κ3) is 3.39. The molecule has 0 aliphatic heterocycles. The normalized spacial score (nSPS) is 11.4. The van der Waals surface area contributed by atoms with Gasteiger partial charge in [-0.05, 0) is 32.2 Å². The van der Waals surface area contributed by atoms with Gasteiger partial charge in [0.2, 0.25) is 0 Å². The molecule has 4 heteroatoms. The van der Waals surface area contributed by atoms with Crippen LogP contribution in [0.5, 0.6) is 0 Å². The molecule has 0 radical (unpaired) electrons. The van der Waals surface area contributed by atoms with Gasteiger partial charge in [0, 0.05) is 17.5 Å².